The van der Waals surface area contributed by atoms with Gasteiger partial charge in [-0.25, -0.2) is 0 Å². The van der Waals surface area contributed by atoms with E-state index >= 15 is 0 Å². The van der Waals surface area contributed by atoms with E-state index in [0.29, 0.717) is 0 Å². The molecule has 200 valence electrons. The van der Waals surface area contributed by atoms with E-state index in [1.54, 1.807) is 0 Å². The van der Waals surface area contributed by atoms with Crippen LogP contribution >= 0.6 is 0 Å². The highest BCUT2D eigenvalue weighted by molar-refractivity contribution is 5.80. The molecule has 1 nitrogen and oxygen atoms in total. The second-order valence-electron chi connectivity index (χ2n) is 10.7. The van der Waals surface area contributed by atoms with E-state index in [1.165, 1.54) is 118 Å². The molecule has 3 aromatic rings. The first-order chi connectivity index (χ1) is 18.3. The van der Waals surface area contributed by atoms with Gasteiger partial charge in [-0.2, -0.15) is 0 Å². The monoisotopic (exact) mass is 497 g/mol. The van der Waals surface area contributed by atoms with Crippen molar-refractivity contribution in [3.05, 3.63) is 90.0 Å². The van der Waals surface area contributed by atoms with Crippen LogP contribution < -0.4 is 4.90 Å². The Labute approximate surface area is 228 Å². The average Bonchev–Trinajstić information content (AvgIpc) is 2.94. The highest BCUT2D eigenvalue weighted by Crippen LogP contribution is 2.39. The van der Waals surface area contributed by atoms with Crippen molar-refractivity contribution < 1.29 is 0 Å². The van der Waals surface area contributed by atoms with Crippen LogP contribution in [0.3, 0.4) is 0 Å². The predicted octanol–water partition coefficient (Wildman–Crippen LogP) is 11.7. The quantitative estimate of drug-likeness (QED) is 0.149. The normalized spacial score (nSPS) is 11.1. The largest absolute Gasteiger partial charge is 0.310 e. The molecular formula is C36H51N. The van der Waals surface area contributed by atoms with Crippen molar-refractivity contribution in [2.45, 2.75) is 117 Å². The van der Waals surface area contributed by atoms with Gasteiger partial charge in [0.2, 0.25) is 0 Å². The topological polar surface area (TPSA) is 3.24 Å². The first kappa shape index (κ1) is 29.0. The molecule has 3 aromatic carbocycles. The van der Waals surface area contributed by atoms with Gasteiger partial charge in [0, 0.05) is 17.1 Å². The molecule has 0 saturated carbocycles. The number of hydrogen-bond donors (Lipinski definition) is 0. The maximum atomic E-state index is 2.52. The van der Waals surface area contributed by atoms with Crippen LogP contribution in [0.5, 0.6) is 0 Å². The van der Waals surface area contributed by atoms with Crippen LogP contribution in [-0.4, -0.2) is 0 Å². The number of unbranched alkanes of at least 4 members (excludes halogenated alkanes) is 12. The summed E-state index contributed by atoms with van der Waals surface area (Å²) in [5.41, 5.74) is 6.86. The minimum absolute atomic E-state index is 1.15. The van der Waals surface area contributed by atoms with Crippen LogP contribution in [0.15, 0.2) is 78.9 Å². The Morgan fingerprint density at radius 3 is 1.24 bits per heavy atom. The molecule has 0 amide bonds. The summed E-state index contributed by atoms with van der Waals surface area (Å²) in [5, 5.41) is 0. The fourth-order valence-corrected chi connectivity index (χ4v) is 5.41. The lowest BCUT2D eigenvalue weighted by molar-refractivity contribution is 0.589. The molecule has 0 saturated heterocycles. The second-order valence-corrected chi connectivity index (χ2v) is 10.7. The molecule has 0 spiro atoms. The van der Waals surface area contributed by atoms with E-state index < -0.39 is 0 Å². The minimum atomic E-state index is 1.15. The van der Waals surface area contributed by atoms with E-state index in [0.717, 1.165) is 12.8 Å². The lowest BCUT2D eigenvalue weighted by atomic mass is 9.99. The Balaban J connectivity index is 1.75. The number of aryl methyl sites for hydroxylation is 2. The van der Waals surface area contributed by atoms with Crippen molar-refractivity contribution in [3.8, 4) is 0 Å². The summed E-state index contributed by atoms with van der Waals surface area (Å²) in [4.78, 5) is 2.52. The lowest BCUT2D eigenvalue weighted by Crippen LogP contribution is -2.14. The molecule has 0 N–H and O–H groups in total. The molecule has 3 rings (SSSR count). The summed E-state index contributed by atoms with van der Waals surface area (Å²) in [7, 11) is 0. The summed E-state index contributed by atoms with van der Waals surface area (Å²) in [5.74, 6) is 0. The Hall–Kier alpha value is -2.54. The lowest BCUT2D eigenvalue weighted by Gasteiger charge is -2.29. The fourth-order valence-electron chi connectivity index (χ4n) is 5.41. The van der Waals surface area contributed by atoms with Crippen LogP contribution in [0.4, 0.5) is 17.1 Å². The number of benzene rings is 3. The summed E-state index contributed by atoms with van der Waals surface area (Å²) in [6.07, 6.45) is 21.2. The van der Waals surface area contributed by atoms with Crippen LogP contribution in [0.2, 0.25) is 0 Å². The molecule has 0 heterocycles. The van der Waals surface area contributed by atoms with Crippen molar-refractivity contribution in [1.82, 2.24) is 0 Å². The molecule has 0 radical (unpaired) electrons. The molecule has 0 aliphatic heterocycles. The van der Waals surface area contributed by atoms with Crippen LogP contribution in [-0.2, 0) is 12.8 Å². The summed E-state index contributed by atoms with van der Waals surface area (Å²) < 4.78 is 0. The number of rotatable bonds is 19. The van der Waals surface area contributed by atoms with Gasteiger partial charge in [-0.05, 0) is 61.1 Å². The van der Waals surface area contributed by atoms with E-state index in [1.807, 2.05) is 0 Å². The molecule has 0 aromatic heterocycles. The van der Waals surface area contributed by atoms with E-state index in [2.05, 4.69) is 97.6 Å². The SMILES string of the molecule is CCCCCCCCCc1ccccc1N(c1ccccc1)c1ccccc1CCCCCCCCC. The average molecular weight is 498 g/mol. The standard InChI is InChI=1S/C36H51N/c1-3-5-7-9-11-13-16-24-32-26-20-22-30-35(32)37(34-28-18-15-19-29-34)36-31-23-21-27-33(36)25-17-14-12-10-8-6-4-2/h15,18-23,26-31H,3-14,16-17,24-25H2,1-2H3. The van der Waals surface area contributed by atoms with Crippen LogP contribution in [0.1, 0.15) is 115 Å². The molecule has 37 heavy (non-hydrogen) atoms. The number of para-hydroxylation sites is 3. The second kappa shape index (κ2) is 17.8. The van der Waals surface area contributed by atoms with Crippen molar-refractivity contribution in [1.29, 1.82) is 0 Å². The number of nitrogens with zero attached hydrogens (tertiary/aromatic N) is 1. The smallest absolute Gasteiger partial charge is 0.0493 e. The highest BCUT2D eigenvalue weighted by Gasteiger charge is 2.18. The Kier molecular flexibility index (Phi) is 14.0. The zero-order valence-electron chi connectivity index (χ0n) is 23.8. The zero-order chi connectivity index (χ0) is 26.0. The maximum Gasteiger partial charge on any atom is 0.0493 e. The Morgan fingerprint density at radius 2 is 0.784 bits per heavy atom. The van der Waals surface area contributed by atoms with Gasteiger partial charge in [-0.15, -0.1) is 0 Å². The molecule has 1 heteroatoms. The van der Waals surface area contributed by atoms with Gasteiger partial charge >= 0.3 is 0 Å². The van der Waals surface area contributed by atoms with E-state index in [-0.39, 0.29) is 0 Å². The van der Waals surface area contributed by atoms with Crippen molar-refractivity contribution in [2.24, 2.45) is 0 Å². The molecule has 0 bridgehead atoms. The number of anilines is 3. The van der Waals surface area contributed by atoms with Crippen LogP contribution in [0.25, 0.3) is 0 Å². The minimum Gasteiger partial charge on any atom is -0.310 e. The zero-order valence-corrected chi connectivity index (χ0v) is 23.8. The first-order valence-electron chi connectivity index (χ1n) is 15.4. The van der Waals surface area contributed by atoms with Crippen LogP contribution in [0, 0.1) is 0 Å². The summed E-state index contributed by atoms with van der Waals surface area (Å²) in [6.45, 7) is 4.59. The van der Waals surface area contributed by atoms with Gasteiger partial charge in [0.25, 0.3) is 0 Å². The molecule has 0 unspecified atom stereocenters. The molecule has 0 aliphatic carbocycles. The molecule has 0 fully saturated rings. The molecule has 0 atom stereocenters. The van der Waals surface area contributed by atoms with Gasteiger partial charge in [0.1, 0.15) is 0 Å². The first-order valence-corrected chi connectivity index (χ1v) is 15.4. The predicted molar refractivity (Wildman–Crippen MR) is 165 cm³/mol. The van der Waals surface area contributed by atoms with Gasteiger partial charge in [0.05, 0.1) is 0 Å². The van der Waals surface area contributed by atoms with Gasteiger partial charge in [-0.3, -0.25) is 0 Å². The maximum absolute atomic E-state index is 2.52. The third-order valence-corrected chi connectivity index (χ3v) is 7.58. The van der Waals surface area contributed by atoms with Gasteiger partial charge in [-0.1, -0.05) is 145 Å². The molecular weight excluding hydrogens is 446 g/mol. The Bertz CT molecular complexity index is 915. The van der Waals surface area contributed by atoms with E-state index in [9.17, 15) is 0 Å². The number of hydrogen-bond acceptors (Lipinski definition) is 1. The van der Waals surface area contributed by atoms with E-state index in [4.69, 9.17) is 0 Å². The molecule has 0 aliphatic rings. The van der Waals surface area contributed by atoms with Crippen molar-refractivity contribution in [3.63, 3.8) is 0 Å². The third kappa shape index (κ3) is 10.0. The van der Waals surface area contributed by atoms with Crippen molar-refractivity contribution >= 4 is 17.1 Å². The summed E-state index contributed by atoms with van der Waals surface area (Å²) >= 11 is 0. The Morgan fingerprint density at radius 1 is 0.405 bits per heavy atom. The third-order valence-electron chi connectivity index (χ3n) is 7.58. The summed E-state index contributed by atoms with van der Waals surface area (Å²) in [6, 6.07) is 29.2. The van der Waals surface area contributed by atoms with Crippen molar-refractivity contribution in [2.75, 3.05) is 4.90 Å². The fraction of sp³-hybridized carbons (Fsp3) is 0.500. The highest BCUT2D eigenvalue weighted by atomic mass is 15.1. The van der Waals surface area contributed by atoms with Gasteiger partial charge in [0.15, 0.2) is 0 Å². The van der Waals surface area contributed by atoms with Gasteiger partial charge < -0.3 is 4.90 Å².